The molecule has 0 aliphatic rings. The number of unbranched alkanes of at least 4 members (excludes halogenated alkanes) is 4. The van der Waals surface area contributed by atoms with E-state index in [0.29, 0.717) is 17.6 Å². The Morgan fingerprint density at radius 3 is 2.24 bits per heavy atom. The van der Waals surface area contributed by atoms with Crippen molar-refractivity contribution < 1.29 is 19.2 Å². The molecule has 0 saturated carbocycles. The van der Waals surface area contributed by atoms with Crippen molar-refractivity contribution in [3.63, 3.8) is 0 Å². The minimum absolute atomic E-state index is 0.0561. The van der Waals surface area contributed by atoms with Crippen LogP contribution in [0.1, 0.15) is 45.4 Å². The van der Waals surface area contributed by atoms with Gasteiger partial charge in [0.1, 0.15) is 0 Å². The third kappa shape index (κ3) is 13.4. The number of rotatable bonds is 11. The van der Waals surface area contributed by atoms with Crippen LogP contribution in [0.2, 0.25) is 0 Å². The first-order valence-corrected chi connectivity index (χ1v) is 7.81. The first-order chi connectivity index (χ1) is 9.74. The molecule has 0 saturated heterocycles. The molecule has 0 aromatic carbocycles. The monoisotopic (exact) mass is 302 g/mol. The summed E-state index contributed by atoms with van der Waals surface area (Å²) >= 11 is 0. The van der Waals surface area contributed by atoms with Gasteiger partial charge in [-0.15, -0.1) is 0 Å². The zero-order valence-electron chi connectivity index (χ0n) is 13.9. The molecule has 3 N–H and O–H groups in total. The number of quaternary nitrogens is 1. The fraction of sp³-hybridized carbons (Fsp3) is 0.867. The highest BCUT2D eigenvalue weighted by Gasteiger charge is 2.22. The number of hydrogen-bond donors (Lipinski definition) is 3. The number of urea groups is 1. The summed E-state index contributed by atoms with van der Waals surface area (Å²) in [6.07, 6.45) is 5.66. The summed E-state index contributed by atoms with van der Waals surface area (Å²) in [5, 5.41) is 14.5. The summed E-state index contributed by atoms with van der Waals surface area (Å²) in [7, 11) is 5.92. The minimum Gasteiger partial charge on any atom is -0.481 e. The fourth-order valence-electron chi connectivity index (χ4n) is 2.20. The molecule has 0 aromatic heterocycles. The molecule has 2 amide bonds. The van der Waals surface area contributed by atoms with Crippen LogP contribution in [0.15, 0.2) is 0 Å². The molecule has 0 bridgehead atoms. The van der Waals surface area contributed by atoms with Gasteiger partial charge in [-0.25, -0.2) is 4.79 Å². The summed E-state index contributed by atoms with van der Waals surface area (Å²) in [6, 6.07) is -0.632. The Kier molecular flexibility index (Phi) is 9.78. The van der Waals surface area contributed by atoms with Crippen molar-refractivity contribution in [1.29, 1.82) is 0 Å². The molecule has 6 nitrogen and oxygen atoms in total. The number of nitrogens with one attached hydrogen (secondary N) is 2. The number of amides is 2. The third-order valence-electron chi connectivity index (χ3n) is 3.09. The largest absolute Gasteiger partial charge is 0.481 e. The van der Waals surface area contributed by atoms with Gasteiger partial charge in [0.25, 0.3) is 0 Å². The molecule has 0 rings (SSSR count). The molecule has 0 aliphatic carbocycles. The van der Waals surface area contributed by atoms with Crippen LogP contribution in [0.4, 0.5) is 4.79 Å². The van der Waals surface area contributed by atoms with Crippen LogP contribution in [0.3, 0.4) is 0 Å². The number of carboxylic acid groups (broad SMARTS) is 1. The Balaban J connectivity index is 4.01. The molecule has 0 heterocycles. The lowest BCUT2D eigenvalue weighted by Crippen LogP contribution is -2.52. The topological polar surface area (TPSA) is 78.4 Å². The second kappa shape index (κ2) is 10.4. The molecule has 124 valence electrons. The number of carboxylic acids is 1. The molecule has 6 heteroatoms. The standard InChI is InChI=1S/C15H31N3O3/c1-5-6-7-8-9-10-16-15(21)17-13(11-14(19)20)12-18(2,3)4/h13H,5-12H2,1-4H3,(H2-,16,17,19,20,21)/p+1. The Morgan fingerprint density at radius 1 is 1.10 bits per heavy atom. The van der Waals surface area contributed by atoms with Crippen LogP contribution in [-0.4, -0.2) is 61.9 Å². The fourth-order valence-corrected chi connectivity index (χ4v) is 2.20. The van der Waals surface area contributed by atoms with Crippen molar-refractivity contribution in [2.75, 3.05) is 34.2 Å². The first-order valence-electron chi connectivity index (χ1n) is 7.81. The molecule has 0 radical (unpaired) electrons. The van der Waals surface area contributed by atoms with Gasteiger partial charge in [0.2, 0.25) is 0 Å². The summed E-state index contributed by atoms with van der Waals surface area (Å²) in [4.78, 5) is 22.6. The molecular weight excluding hydrogens is 270 g/mol. The van der Waals surface area contributed by atoms with E-state index in [2.05, 4.69) is 17.6 Å². The van der Waals surface area contributed by atoms with Gasteiger partial charge in [0, 0.05) is 6.54 Å². The molecule has 0 fully saturated rings. The summed E-state index contributed by atoms with van der Waals surface area (Å²) < 4.78 is 0.606. The predicted molar refractivity (Wildman–Crippen MR) is 84.2 cm³/mol. The number of carbonyl (C=O) groups excluding carboxylic acids is 1. The Labute approximate surface area is 128 Å². The smallest absolute Gasteiger partial charge is 0.315 e. The van der Waals surface area contributed by atoms with Gasteiger partial charge in [-0.2, -0.15) is 0 Å². The Bertz CT molecular complexity index is 314. The average Bonchev–Trinajstić information content (AvgIpc) is 2.30. The minimum atomic E-state index is -0.895. The zero-order valence-corrected chi connectivity index (χ0v) is 13.9. The van der Waals surface area contributed by atoms with E-state index >= 15 is 0 Å². The molecule has 1 unspecified atom stereocenters. The van der Waals surface area contributed by atoms with E-state index in [0.717, 1.165) is 12.8 Å². The van der Waals surface area contributed by atoms with E-state index in [-0.39, 0.29) is 18.5 Å². The van der Waals surface area contributed by atoms with Gasteiger partial charge in [0.15, 0.2) is 0 Å². The van der Waals surface area contributed by atoms with Gasteiger partial charge in [-0.1, -0.05) is 32.6 Å². The van der Waals surface area contributed by atoms with Crippen molar-refractivity contribution >= 4 is 12.0 Å². The summed E-state index contributed by atoms with van der Waals surface area (Å²) in [6.45, 7) is 3.39. The lowest BCUT2D eigenvalue weighted by atomic mass is 10.1. The zero-order chi connectivity index (χ0) is 16.3. The quantitative estimate of drug-likeness (QED) is 0.402. The van der Waals surface area contributed by atoms with Crippen LogP contribution in [0, 0.1) is 0 Å². The van der Waals surface area contributed by atoms with Crippen LogP contribution >= 0.6 is 0 Å². The van der Waals surface area contributed by atoms with Crippen molar-refractivity contribution in [3.05, 3.63) is 0 Å². The number of hydrogen-bond acceptors (Lipinski definition) is 2. The first kappa shape index (κ1) is 19.7. The third-order valence-corrected chi connectivity index (χ3v) is 3.09. The van der Waals surface area contributed by atoms with E-state index in [1.165, 1.54) is 19.3 Å². The van der Waals surface area contributed by atoms with Gasteiger partial charge in [0.05, 0.1) is 40.2 Å². The van der Waals surface area contributed by atoms with E-state index < -0.39 is 5.97 Å². The molecule has 0 spiro atoms. The maximum Gasteiger partial charge on any atom is 0.315 e. The highest BCUT2D eigenvalue weighted by Crippen LogP contribution is 2.02. The molecule has 1 atom stereocenters. The maximum absolute atomic E-state index is 11.8. The van der Waals surface area contributed by atoms with Crippen LogP contribution < -0.4 is 10.6 Å². The molecule has 21 heavy (non-hydrogen) atoms. The van der Waals surface area contributed by atoms with Crippen molar-refractivity contribution in [1.82, 2.24) is 10.6 Å². The van der Waals surface area contributed by atoms with Crippen molar-refractivity contribution in [3.8, 4) is 0 Å². The molecular formula is C15H32N3O3+. The number of likely N-dealkylation sites (N-methyl/N-ethyl adjacent to an activating group) is 1. The Morgan fingerprint density at radius 2 is 1.71 bits per heavy atom. The maximum atomic E-state index is 11.8. The van der Waals surface area contributed by atoms with E-state index in [4.69, 9.17) is 5.11 Å². The highest BCUT2D eigenvalue weighted by atomic mass is 16.4. The van der Waals surface area contributed by atoms with Crippen LogP contribution in [-0.2, 0) is 4.79 Å². The SMILES string of the molecule is CCCCCCCNC(=O)NC(CC(=O)O)C[N+](C)(C)C. The second-order valence-corrected chi connectivity index (χ2v) is 6.58. The van der Waals surface area contributed by atoms with Gasteiger partial charge in [-0.05, 0) is 6.42 Å². The summed E-state index contributed by atoms with van der Waals surface area (Å²) in [5.41, 5.74) is 0. The van der Waals surface area contributed by atoms with Crippen molar-refractivity contribution in [2.24, 2.45) is 0 Å². The number of aliphatic carboxylic acids is 1. The van der Waals surface area contributed by atoms with Crippen LogP contribution in [0.25, 0.3) is 0 Å². The van der Waals surface area contributed by atoms with Gasteiger partial charge < -0.3 is 20.2 Å². The highest BCUT2D eigenvalue weighted by molar-refractivity contribution is 5.75. The molecule has 0 aliphatic heterocycles. The second-order valence-electron chi connectivity index (χ2n) is 6.58. The summed E-state index contributed by atoms with van der Waals surface area (Å²) in [5.74, 6) is -0.895. The average molecular weight is 302 g/mol. The Hall–Kier alpha value is -1.30. The van der Waals surface area contributed by atoms with Gasteiger partial charge in [-0.3, -0.25) is 4.79 Å². The van der Waals surface area contributed by atoms with Gasteiger partial charge >= 0.3 is 12.0 Å². The van der Waals surface area contributed by atoms with Crippen molar-refractivity contribution in [2.45, 2.75) is 51.5 Å². The van der Waals surface area contributed by atoms with Crippen LogP contribution in [0.5, 0.6) is 0 Å². The number of nitrogens with zero attached hydrogens (tertiary/aromatic N) is 1. The van der Waals surface area contributed by atoms with E-state index in [9.17, 15) is 9.59 Å². The normalized spacial score (nSPS) is 12.8. The lowest BCUT2D eigenvalue weighted by molar-refractivity contribution is -0.871. The number of carbonyl (C=O) groups is 2. The lowest BCUT2D eigenvalue weighted by Gasteiger charge is -2.29. The van der Waals surface area contributed by atoms with E-state index in [1.807, 2.05) is 21.1 Å². The van der Waals surface area contributed by atoms with E-state index in [1.54, 1.807) is 0 Å². The predicted octanol–water partition coefficient (Wildman–Crippen LogP) is 1.81. The molecule has 0 aromatic rings.